The average Bonchev–Trinajstić information content (AvgIpc) is 2.84. The van der Waals surface area contributed by atoms with Crippen molar-refractivity contribution in [1.82, 2.24) is 0 Å². The van der Waals surface area contributed by atoms with E-state index in [9.17, 15) is 29.7 Å². The highest BCUT2D eigenvalue weighted by molar-refractivity contribution is 6.02. The number of carbonyl (C=O) groups is 3. The number of Topliss-reactive ketones (excluding diaryl/α,β-unsaturated/α-hetero) is 1. The minimum absolute atomic E-state index is 0.0771. The van der Waals surface area contributed by atoms with Gasteiger partial charge in [0.15, 0.2) is 17.2 Å². The van der Waals surface area contributed by atoms with Crippen LogP contribution in [-0.4, -0.2) is 63.6 Å². The Kier molecular flexibility index (Phi) is 3.79. The maximum absolute atomic E-state index is 13.8. The molecule has 2 spiro atoms. The van der Waals surface area contributed by atoms with Crippen molar-refractivity contribution in [3.8, 4) is 0 Å². The Morgan fingerprint density at radius 1 is 1.27 bits per heavy atom. The number of ether oxygens (including phenoxy) is 2. The number of hydrogen-bond acceptors (Lipinski definition) is 8. The molecule has 0 unspecified atom stereocenters. The van der Waals surface area contributed by atoms with Gasteiger partial charge in [-0.1, -0.05) is 19.9 Å². The van der Waals surface area contributed by atoms with Gasteiger partial charge in [-0.25, -0.2) is 0 Å². The number of ketones is 2. The Morgan fingerprint density at radius 2 is 1.97 bits per heavy atom. The average molecular weight is 420 g/mol. The van der Waals surface area contributed by atoms with Crippen molar-refractivity contribution in [2.24, 2.45) is 34.0 Å². The van der Waals surface area contributed by atoms with E-state index >= 15 is 0 Å². The van der Waals surface area contributed by atoms with Crippen LogP contribution in [0.3, 0.4) is 0 Å². The first-order valence-electron chi connectivity index (χ1n) is 10.6. The summed E-state index contributed by atoms with van der Waals surface area (Å²) in [7, 11) is 0. The minimum Gasteiger partial charge on any atom is -0.462 e. The van der Waals surface area contributed by atoms with Crippen molar-refractivity contribution in [3.63, 3.8) is 0 Å². The Balaban J connectivity index is 1.70. The van der Waals surface area contributed by atoms with Crippen molar-refractivity contribution in [1.29, 1.82) is 0 Å². The first-order chi connectivity index (χ1) is 13.9. The summed E-state index contributed by atoms with van der Waals surface area (Å²) < 4.78 is 10.8. The number of esters is 1. The predicted molar refractivity (Wildman–Crippen MR) is 101 cm³/mol. The molecule has 8 atom stereocenters. The molecule has 2 heterocycles. The third-order valence-electron chi connectivity index (χ3n) is 8.92. The molecule has 164 valence electrons. The van der Waals surface area contributed by atoms with Crippen LogP contribution in [0, 0.1) is 34.0 Å². The summed E-state index contributed by atoms with van der Waals surface area (Å²) in [5.41, 5.74) is -5.36. The maximum atomic E-state index is 13.8. The molecule has 0 aromatic heterocycles. The zero-order valence-electron chi connectivity index (χ0n) is 17.4. The van der Waals surface area contributed by atoms with Crippen molar-refractivity contribution >= 4 is 17.5 Å². The fourth-order valence-corrected chi connectivity index (χ4v) is 7.77. The molecule has 0 aromatic rings. The SMILES string of the molecule is CC(=O)OC[C@]1(O)C(=O)[C@]23C[C@H]1CC[C@H]2[C@@]12CO[C@]3(O)[C@@H](O)[C@@H]1C(C)(C)C=CC2=O. The highest BCUT2D eigenvalue weighted by Gasteiger charge is 2.86. The molecular formula is C22H28O8. The van der Waals surface area contributed by atoms with E-state index in [1.54, 1.807) is 6.08 Å². The lowest BCUT2D eigenvalue weighted by Crippen LogP contribution is -2.83. The van der Waals surface area contributed by atoms with Crippen LogP contribution in [0.25, 0.3) is 0 Å². The van der Waals surface area contributed by atoms with E-state index in [0.717, 1.165) is 0 Å². The van der Waals surface area contributed by atoms with Crippen molar-refractivity contribution in [2.75, 3.05) is 13.2 Å². The number of hydrogen-bond donors (Lipinski definition) is 3. The molecule has 0 radical (unpaired) electrons. The number of fused-ring (bicyclic) bond motifs is 2. The lowest BCUT2D eigenvalue weighted by molar-refractivity contribution is -0.422. The summed E-state index contributed by atoms with van der Waals surface area (Å²) in [5.74, 6) is -5.51. The zero-order valence-corrected chi connectivity index (χ0v) is 17.4. The summed E-state index contributed by atoms with van der Waals surface area (Å²) in [6, 6.07) is 0. The first-order valence-corrected chi connectivity index (χ1v) is 10.6. The molecular weight excluding hydrogens is 392 g/mol. The molecule has 0 aromatic carbocycles. The van der Waals surface area contributed by atoms with Gasteiger partial charge < -0.3 is 24.8 Å². The van der Waals surface area contributed by atoms with Crippen LogP contribution in [-0.2, 0) is 23.9 Å². The summed E-state index contributed by atoms with van der Waals surface area (Å²) in [5, 5.41) is 34.5. The van der Waals surface area contributed by atoms with Crippen molar-refractivity contribution in [3.05, 3.63) is 12.2 Å². The molecule has 6 rings (SSSR count). The van der Waals surface area contributed by atoms with Crippen LogP contribution in [0.4, 0.5) is 0 Å². The van der Waals surface area contributed by atoms with Gasteiger partial charge in [0.25, 0.3) is 0 Å². The van der Waals surface area contributed by atoms with Gasteiger partial charge >= 0.3 is 5.97 Å². The highest BCUT2D eigenvalue weighted by Crippen LogP contribution is 2.75. The normalized spacial score (nSPS) is 52.7. The van der Waals surface area contributed by atoms with Gasteiger partial charge in [0.2, 0.25) is 5.79 Å². The zero-order chi connectivity index (χ0) is 21.9. The molecule has 6 aliphatic rings. The van der Waals surface area contributed by atoms with E-state index in [-0.39, 0.29) is 18.8 Å². The fourth-order valence-electron chi connectivity index (χ4n) is 7.77. The second kappa shape index (κ2) is 5.59. The molecule has 4 aliphatic carbocycles. The molecule has 0 amide bonds. The summed E-state index contributed by atoms with van der Waals surface area (Å²) in [6.07, 6.45) is 2.74. The third kappa shape index (κ3) is 1.91. The van der Waals surface area contributed by atoms with Crippen molar-refractivity contribution in [2.45, 2.75) is 57.5 Å². The number of aliphatic hydroxyl groups excluding tert-OH is 1. The number of rotatable bonds is 2. The first kappa shape index (κ1) is 20.3. The molecule has 3 N–H and O–H groups in total. The highest BCUT2D eigenvalue weighted by atomic mass is 16.6. The molecule has 30 heavy (non-hydrogen) atoms. The van der Waals surface area contributed by atoms with Gasteiger partial charge in [-0.05, 0) is 42.6 Å². The predicted octanol–water partition coefficient (Wildman–Crippen LogP) is 0.127. The number of carbonyl (C=O) groups excluding carboxylic acids is 3. The van der Waals surface area contributed by atoms with Gasteiger partial charge in [-0.15, -0.1) is 0 Å². The molecule has 8 heteroatoms. The van der Waals surface area contributed by atoms with Crippen LogP contribution in [0.5, 0.6) is 0 Å². The lowest BCUT2D eigenvalue weighted by atomic mass is 9.37. The van der Waals surface area contributed by atoms with E-state index in [1.165, 1.54) is 13.0 Å². The smallest absolute Gasteiger partial charge is 0.302 e. The van der Waals surface area contributed by atoms with Gasteiger partial charge in [0, 0.05) is 12.8 Å². The summed E-state index contributed by atoms with van der Waals surface area (Å²) in [6.45, 7) is 4.41. The summed E-state index contributed by atoms with van der Waals surface area (Å²) in [4.78, 5) is 38.5. The Hall–Kier alpha value is -1.61. The van der Waals surface area contributed by atoms with E-state index in [0.29, 0.717) is 12.8 Å². The van der Waals surface area contributed by atoms with Crippen molar-refractivity contribution < 1.29 is 39.2 Å². The Morgan fingerprint density at radius 3 is 2.63 bits per heavy atom. The van der Waals surface area contributed by atoms with Gasteiger partial charge in [0.05, 0.1) is 17.4 Å². The quantitative estimate of drug-likeness (QED) is 0.538. The molecule has 3 saturated carbocycles. The minimum atomic E-state index is -2.22. The number of aliphatic hydroxyl groups is 3. The summed E-state index contributed by atoms with van der Waals surface area (Å²) >= 11 is 0. The van der Waals surface area contributed by atoms with E-state index in [1.807, 2.05) is 13.8 Å². The topological polar surface area (TPSA) is 130 Å². The van der Waals surface area contributed by atoms with E-state index in [4.69, 9.17) is 9.47 Å². The second-order valence-corrected chi connectivity index (χ2v) is 10.5. The lowest BCUT2D eigenvalue weighted by Gasteiger charge is -2.71. The van der Waals surface area contributed by atoms with Crippen LogP contribution in [0.2, 0.25) is 0 Å². The van der Waals surface area contributed by atoms with E-state index < -0.39 is 69.9 Å². The molecule has 8 nitrogen and oxygen atoms in total. The van der Waals surface area contributed by atoms with Crippen LogP contribution < -0.4 is 0 Å². The largest absolute Gasteiger partial charge is 0.462 e. The third-order valence-corrected chi connectivity index (χ3v) is 8.92. The molecule has 4 bridgehead atoms. The molecule has 5 fully saturated rings. The monoisotopic (exact) mass is 420 g/mol. The van der Waals surface area contributed by atoms with Gasteiger partial charge in [-0.3, -0.25) is 14.4 Å². The molecule has 2 saturated heterocycles. The standard InChI is InChI=1S/C22H28O8/c1-11(23)29-10-21(27)12-4-5-13-19-9-30-22(28,20(13,8-12)17(21)26)16(25)15(19)18(2,3)7-6-14(19)24/h6-7,12-13,15-16,25,27-28H,4-5,8-10H2,1-3H3/t12-,13+,15-,16+,19-,20+,21-,22-/m1/s1. The Labute approximate surface area is 174 Å². The van der Waals surface area contributed by atoms with Crippen LogP contribution >= 0.6 is 0 Å². The number of allylic oxidation sites excluding steroid dienone is 2. The second-order valence-electron chi connectivity index (χ2n) is 10.5. The molecule has 2 aliphatic heterocycles. The fraction of sp³-hybridized carbons (Fsp3) is 0.773. The van der Waals surface area contributed by atoms with Crippen LogP contribution in [0.1, 0.15) is 40.0 Å². The van der Waals surface area contributed by atoms with Gasteiger partial charge in [-0.2, -0.15) is 0 Å². The van der Waals surface area contributed by atoms with Gasteiger partial charge in [0.1, 0.15) is 12.7 Å². The maximum Gasteiger partial charge on any atom is 0.302 e. The van der Waals surface area contributed by atoms with Crippen LogP contribution in [0.15, 0.2) is 12.2 Å². The Bertz CT molecular complexity index is 894. The van der Waals surface area contributed by atoms with E-state index in [2.05, 4.69) is 0 Å².